The molecule has 3 saturated heterocycles. The largest absolute Gasteiger partial charge is 0.390 e. The van der Waals surface area contributed by atoms with E-state index in [0.29, 0.717) is 80.2 Å². The van der Waals surface area contributed by atoms with Crippen LogP contribution in [0.15, 0.2) is 0 Å². The van der Waals surface area contributed by atoms with Gasteiger partial charge in [-0.25, -0.2) is 0 Å². The van der Waals surface area contributed by atoms with Crippen molar-refractivity contribution in [2.45, 2.75) is 115 Å². The maximum atomic E-state index is 13.2. The summed E-state index contributed by atoms with van der Waals surface area (Å²) in [6.07, 6.45) is 11.3. The van der Waals surface area contributed by atoms with E-state index < -0.39 is 6.10 Å². The normalized spacial score (nSPS) is 41.0. The molecule has 10 heteroatoms. The number of aliphatic hydroxyl groups is 1. The molecule has 3 heterocycles. The van der Waals surface area contributed by atoms with Gasteiger partial charge in [0.2, 0.25) is 11.8 Å². The van der Waals surface area contributed by atoms with Crippen LogP contribution in [-0.4, -0.2) is 117 Å². The summed E-state index contributed by atoms with van der Waals surface area (Å²) in [6.45, 7) is 10.5. The number of rotatable bonds is 10. The van der Waals surface area contributed by atoms with Crippen LogP contribution in [0.3, 0.4) is 0 Å². The molecule has 3 aliphatic heterocycles. The Kier molecular flexibility index (Phi) is 12.0. The lowest BCUT2D eigenvalue weighted by atomic mass is 9.68. The Bertz CT molecular complexity index is 1010. The summed E-state index contributed by atoms with van der Waals surface area (Å²) in [5, 5.41) is 17.3. The van der Waals surface area contributed by atoms with E-state index in [2.05, 4.69) is 34.3 Å². The molecule has 10 atom stereocenters. The van der Waals surface area contributed by atoms with E-state index in [9.17, 15) is 14.7 Å². The van der Waals surface area contributed by atoms with Gasteiger partial charge >= 0.3 is 0 Å². The van der Waals surface area contributed by atoms with Crippen molar-refractivity contribution in [1.29, 1.82) is 0 Å². The number of β-amino-alcohol motifs (C(OH)–C–C–N with tert-alkyl or cyclic N) is 1. The lowest BCUT2D eigenvalue weighted by Crippen LogP contribution is -2.51. The molecule has 3 saturated carbocycles. The summed E-state index contributed by atoms with van der Waals surface area (Å²) < 4.78 is 17.6. The minimum absolute atomic E-state index is 0.0226. The number of aliphatic hydroxyl groups excluding tert-OH is 1. The zero-order chi connectivity index (χ0) is 32.2. The minimum Gasteiger partial charge on any atom is -0.390 e. The van der Waals surface area contributed by atoms with Gasteiger partial charge in [-0.1, -0.05) is 6.92 Å². The average molecular weight is 647 g/mol. The predicted octanol–water partition coefficient (Wildman–Crippen LogP) is 3.02. The molecule has 0 aromatic rings. The zero-order valence-corrected chi connectivity index (χ0v) is 28.7. The van der Waals surface area contributed by atoms with Crippen LogP contribution in [0.2, 0.25) is 0 Å². The van der Waals surface area contributed by atoms with Crippen molar-refractivity contribution in [1.82, 2.24) is 20.4 Å². The Hall–Kier alpha value is -1.30. The van der Waals surface area contributed by atoms with Crippen LogP contribution in [-0.2, 0) is 23.8 Å². The maximum Gasteiger partial charge on any atom is 0.225 e. The lowest BCUT2D eigenvalue weighted by Gasteiger charge is -2.47. The third-order valence-corrected chi connectivity index (χ3v) is 13.1. The minimum atomic E-state index is -0.552. The van der Waals surface area contributed by atoms with Gasteiger partial charge in [-0.2, -0.15) is 0 Å². The number of methoxy groups -OCH3 is 1. The first-order valence-corrected chi connectivity index (χ1v) is 18.7. The Morgan fingerprint density at radius 1 is 0.935 bits per heavy atom. The summed E-state index contributed by atoms with van der Waals surface area (Å²) in [6, 6.07) is 0.346. The van der Waals surface area contributed by atoms with Crippen LogP contribution in [0.5, 0.6) is 0 Å². The predicted molar refractivity (Wildman–Crippen MR) is 176 cm³/mol. The molecule has 0 aromatic carbocycles. The fourth-order valence-corrected chi connectivity index (χ4v) is 10.00. The zero-order valence-electron chi connectivity index (χ0n) is 28.7. The van der Waals surface area contributed by atoms with Gasteiger partial charge in [-0.15, -0.1) is 0 Å². The molecule has 3 aliphatic carbocycles. The molecule has 6 rings (SSSR count). The molecule has 0 radical (unpaired) electrons. The number of carbonyl (C=O) groups is 2. The highest BCUT2D eigenvalue weighted by Crippen LogP contribution is 2.42. The maximum absolute atomic E-state index is 13.2. The van der Waals surface area contributed by atoms with Crippen molar-refractivity contribution in [3.05, 3.63) is 0 Å². The van der Waals surface area contributed by atoms with Gasteiger partial charge in [0, 0.05) is 57.7 Å². The number of piperidine rings is 2. The topological polar surface area (TPSA) is 113 Å². The van der Waals surface area contributed by atoms with Gasteiger partial charge in [0.25, 0.3) is 0 Å². The van der Waals surface area contributed by atoms with Crippen LogP contribution < -0.4 is 10.6 Å². The third kappa shape index (κ3) is 8.28. The van der Waals surface area contributed by atoms with E-state index in [1.54, 1.807) is 7.11 Å². The number of amides is 2. The second-order valence-corrected chi connectivity index (χ2v) is 15.8. The number of nitrogens with zero attached hydrogens (tertiary/aromatic N) is 2. The third-order valence-electron chi connectivity index (χ3n) is 13.1. The first kappa shape index (κ1) is 34.6. The van der Waals surface area contributed by atoms with E-state index in [1.807, 2.05) is 0 Å². The van der Waals surface area contributed by atoms with Crippen molar-refractivity contribution < 1.29 is 28.9 Å². The van der Waals surface area contributed by atoms with Crippen LogP contribution in [0.25, 0.3) is 0 Å². The SMILES string of the molecule is COC1CCC(C(=O)N2CCC3CC(C(=O)NC[C@H](O)CN4CCC5C(CCC(OCC6OCNC6C)C5C)C4)CCC3C2)CC1. The molecule has 0 aromatic heterocycles. The van der Waals surface area contributed by atoms with Crippen molar-refractivity contribution in [3.8, 4) is 0 Å². The Balaban J connectivity index is 0.870. The average Bonchev–Trinajstić information content (AvgIpc) is 3.50. The number of carbonyl (C=O) groups excluding carboxylic acids is 2. The number of hydrogen-bond donors (Lipinski definition) is 3. The fraction of sp³-hybridized carbons (Fsp3) is 0.944. The van der Waals surface area contributed by atoms with Crippen LogP contribution >= 0.6 is 0 Å². The lowest BCUT2D eigenvalue weighted by molar-refractivity contribution is -0.141. The van der Waals surface area contributed by atoms with Crippen molar-refractivity contribution in [3.63, 3.8) is 0 Å². The highest BCUT2D eigenvalue weighted by atomic mass is 16.6. The second-order valence-electron chi connectivity index (χ2n) is 15.8. The standard InChI is InChI=1S/C36H62N4O6/c1-23-32-13-14-39(18-29(32)8-11-33(23)45-21-34-24(2)38-22-46-34)20-30(41)17-37-35(42)27-4-5-28-19-40(15-12-26(28)16-27)36(43)25-6-9-31(44-3)10-7-25/h23-34,38,41H,4-22H2,1-3H3,(H,37,42)/t23?,24?,25?,26?,27?,28?,29?,30-,31?,32?,33?,34?/m0/s1. The van der Waals surface area contributed by atoms with E-state index in [4.69, 9.17) is 14.2 Å². The molecule has 262 valence electrons. The first-order valence-electron chi connectivity index (χ1n) is 18.7. The summed E-state index contributed by atoms with van der Waals surface area (Å²) in [4.78, 5) is 31.0. The molecule has 46 heavy (non-hydrogen) atoms. The van der Waals surface area contributed by atoms with E-state index >= 15 is 0 Å². The molecule has 6 aliphatic rings. The van der Waals surface area contributed by atoms with Gasteiger partial charge < -0.3 is 34.4 Å². The summed E-state index contributed by atoms with van der Waals surface area (Å²) in [7, 11) is 1.77. The number of likely N-dealkylation sites (tertiary alicyclic amines) is 2. The Morgan fingerprint density at radius 3 is 2.48 bits per heavy atom. The van der Waals surface area contributed by atoms with E-state index in [1.165, 1.54) is 6.42 Å². The molecular weight excluding hydrogens is 584 g/mol. The molecule has 0 bridgehead atoms. The molecule has 3 N–H and O–H groups in total. The van der Waals surface area contributed by atoms with Gasteiger partial charge in [-0.05, 0) is 114 Å². The van der Waals surface area contributed by atoms with E-state index in [0.717, 1.165) is 90.4 Å². The van der Waals surface area contributed by atoms with E-state index in [-0.39, 0.29) is 23.8 Å². The molecule has 6 fully saturated rings. The summed E-state index contributed by atoms with van der Waals surface area (Å²) >= 11 is 0. The quantitative estimate of drug-likeness (QED) is 0.332. The van der Waals surface area contributed by atoms with Crippen LogP contribution in [0.1, 0.15) is 84.5 Å². The first-order chi connectivity index (χ1) is 22.3. The second kappa shape index (κ2) is 15.9. The Morgan fingerprint density at radius 2 is 1.72 bits per heavy atom. The highest BCUT2D eigenvalue weighted by molar-refractivity contribution is 5.79. The Labute approximate surface area is 277 Å². The monoisotopic (exact) mass is 646 g/mol. The molecule has 2 amide bonds. The smallest absolute Gasteiger partial charge is 0.225 e. The van der Waals surface area contributed by atoms with Gasteiger partial charge in [0.15, 0.2) is 0 Å². The number of hydrogen-bond acceptors (Lipinski definition) is 8. The summed E-state index contributed by atoms with van der Waals surface area (Å²) in [5.74, 6) is 3.52. The van der Waals surface area contributed by atoms with Crippen LogP contribution in [0.4, 0.5) is 0 Å². The van der Waals surface area contributed by atoms with Crippen molar-refractivity contribution in [2.75, 3.05) is 59.7 Å². The van der Waals surface area contributed by atoms with Gasteiger partial charge in [-0.3, -0.25) is 14.9 Å². The van der Waals surface area contributed by atoms with Crippen molar-refractivity contribution in [2.24, 2.45) is 41.4 Å². The summed E-state index contributed by atoms with van der Waals surface area (Å²) in [5.41, 5.74) is 0. The number of fused-ring (bicyclic) bond motifs is 2. The van der Waals surface area contributed by atoms with Gasteiger partial charge in [0.1, 0.15) is 0 Å². The molecule has 10 nitrogen and oxygen atoms in total. The van der Waals surface area contributed by atoms with Gasteiger partial charge in [0.05, 0.1) is 37.8 Å². The number of ether oxygens (including phenoxy) is 3. The molecule has 9 unspecified atom stereocenters. The van der Waals surface area contributed by atoms with Crippen molar-refractivity contribution >= 4 is 11.8 Å². The highest BCUT2D eigenvalue weighted by Gasteiger charge is 2.42. The van der Waals surface area contributed by atoms with Crippen LogP contribution in [0, 0.1) is 41.4 Å². The molecule has 0 spiro atoms. The number of nitrogens with one attached hydrogen (secondary N) is 2. The fourth-order valence-electron chi connectivity index (χ4n) is 10.00. The molecular formula is C36H62N4O6.